The number of alkyl halides is 3. The molecular weight excluding hydrogens is 285 g/mol. The van der Waals surface area contributed by atoms with Crippen LogP contribution in [0.2, 0.25) is 0 Å². The molecule has 1 fully saturated rings. The molecule has 21 heavy (non-hydrogen) atoms. The molecule has 0 bridgehead atoms. The lowest BCUT2D eigenvalue weighted by Crippen LogP contribution is -2.26. The standard InChI is InChI=1S/C15H19F3O3/c1-19-10-13(21-14-4-2-3-9-20-14)11-5-7-12(8-6-11)15(16,17)18/h5-8,13-14H,2-4,9-10H2,1H3/t13?,14-/m0/s1. The highest BCUT2D eigenvalue weighted by atomic mass is 19.4. The third kappa shape index (κ3) is 4.69. The summed E-state index contributed by atoms with van der Waals surface area (Å²) in [5.74, 6) is 0. The Morgan fingerprint density at radius 1 is 1.24 bits per heavy atom. The molecule has 0 saturated carbocycles. The third-order valence-electron chi connectivity index (χ3n) is 3.38. The maximum absolute atomic E-state index is 12.6. The van der Waals surface area contributed by atoms with E-state index in [4.69, 9.17) is 14.2 Å². The van der Waals surface area contributed by atoms with E-state index >= 15 is 0 Å². The van der Waals surface area contributed by atoms with Crippen LogP contribution in [0.3, 0.4) is 0 Å². The summed E-state index contributed by atoms with van der Waals surface area (Å²) in [6.07, 6.45) is -2.25. The van der Waals surface area contributed by atoms with Gasteiger partial charge in [0.15, 0.2) is 6.29 Å². The van der Waals surface area contributed by atoms with Gasteiger partial charge in [-0.15, -0.1) is 0 Å². The van der Waals surface area contributed by atoms with Crippen LogP contribution in [0.1, 0.15) is 36.5 Å². The number of ether oxygens (including phenoxy) is 3. The van der Waals surface area contributed by atoms with Gasteiger partial charge < -0.3 is 14.2 Å². The second-order valence-electron chi connectivity index (χ2n) is 5.00. The van der Waals surface area contributed by atoms with Crippen molar-refractivity contribution in [2.24, 2.45) is 0 Å². The molecule has 1 saturated heterocycles. The van der Waals surface area contributed by atoms with E-state index in [1.54, 1.807) is 0 Å². The lowest BCUT2D eigenvalue weighted by atomic mass is 10.1. The Morgan fingerprint density at radius 2 is 1.95 bits per heavy atom. The zero-order valence-electron chi connectivity index (χ0n) is 11.9. The fourth-order valence-corrected chi connectivity index (χ4v) is 2.25. The molecule has 0 aliphatic carbocycles. The van der Waals surface area contributed by atoms with Crippen LogP contribution in [0.25, 0.3) is 0 Å². The van der Waals surface area contributed by atoms with E-state index in [1.165, 1.54) is 19.2 Å². The zero-order chi connectivity index (χ0) is 15.3. The minimum atomic E-state index is -4.33. The van der Waals surface area contributed by atoms with E-state index in [2.05, 4.69) is 0 Å². The lowest BCUT2D eigenvalue weighted by Gasteiger charge is -2.27. The molecule has 1 aromatic carbocycles. The van der Waals surface area contributed by atoms with E-state index in [0.29, 0.717) is 12.2 Å². The van der Waals surface area contributed by atoms with Gasteiger partial charge >= 0.3 is 6.18 Å². The first-order chi connectivity index (χ1) is 10.0. The fraction of sp³-hybridized carbons (Fsp3) is 0.600. The van der Waals surface area contributed by atoms with E-state index < -0.39 is 17.8 Å². The van der Waals surface area contributed by atoms with Gasteiger partial charge in [0.2, 0.25) is 0 Å². The minimum absolute atomic E-state index is 0.269. The van der Waals surface area contributed by atoms with Crippen LogP contribution >= 0.6 is 0 Å². The van der Waals surface area contributed by atoms with Crippen molar-refractivity contribution < 1.29 is 27.4 Å². The Hall–Kier alpha value is -1.11. The summed E-state index contributed by atoms with van der Waals surface area (Å²) < 4.78 is 54.1. The molecular formula is C15H19F3O3. The third-order valence-corrected chi connectivity index (χ3v) is 3.38. The maximum atomic E-state index is 12.6. The lowest BCUT2D eigenvalue weighted by molar-refractivity contribution is -0.198. The molecule has 6 heteroatoms. The van der Waals surface area contributed by atoms with Gasteiger partial charge in [0.1, 0.15) is 6.10 Å². The van der Waals surface area contributed by atoms with E-state index in [9.17, 15) is 13.2 Å². The predicted octanol–water partition coefficient (Wildman–Crippen LogP) is 3.94. The molecule has 0 radical (unpaired) electrons. The van der Waals surface area contributed by atoms with Gasteiger partial charge in [-0.3, -0.25) is 0 Å². The summed E-state index contributed by atoms with van der Waals surface area (Å²) in [6.45, 7) is 0.919. The highest BCUT2D eigenvalue weighted by Gasteiger charge is 2.30. The van der Waals surface area contributed by atoms with Crippen LogP contribution in [-0.4, -0.2) is 26.6 Å². The van der Waals surface area contributed by atoms with Gasteiger partial charge in [-0.05, 0) is 37.0 Å². The van der Waals surface area contributed by atoms with Crippen molar-refractivity contribution in [1.29, 1.82) is 0 Å². The number of rotatable bonds is 5. The van der Waals surface area contributed by atoms with Crippen molar-refractivity contribution in [2.45, 2.75) is 37.8 Å². The smallest absolute Gasteiger partial charge is 0.382 e. The van der Waals surface area contributed by atoms with E-state index in [-0.39, 0.29) is 12.9 Å². The maximum Gasteiger partial charge on any atom is 0.416 e. The Morgan fingerprint density at radius 3 is 2.48 bits per heavy atom. The average molecular weight is 304 g/mol. The number of benzene rings is 1. The summed E-state index contributed by atoms with van der Waals surface area (Å²) in [7, 11) is 1.53. The first kappa shape index (κ1) is 16.3. The molecule has 2 atom stereocenters. The number of halogens is 3. The van der Waals surface area contributed by atoms with Crippen molar-refractivity contribution in [3.05, 3.63) is 35.4 Å². The highest BCUT2D eigenvalue weighted by molar-refractivity contribution is 5.26. The molecule has 2 rings (SSSR count). The van der Waals surface area contributed by atoms with Crippen molar-refractivity contribution >= 4 is 0 Å². The first-order valence-corrected chi connectivity index (χ1v) is 6.94. The average Bonchev–Trinajstić information content (AvgIpc) is 2.47. The summed E-state index contributed by atoms with van der Waals surface area (Å²) in [5, 5.41) is 0. The van der Waals surface area contributed by atoms with E-state index in [0.717, 1.165) is 31.4 Å². The molecule has 0 aromatic heterocycles. The van der Waals surface area contributed by atoms with Gasteiger partial charge in [0, 0.05) is 13.7 Å². The second kappa shape index (κ2) is 7.24. The number of methoxy groups -OCH3 is 1. The van der Waals surface area contributed by atoms with Gasteiger partial charge in [-0.1, -0.05) is 12.1 Å². The van der Waals surface area contributed by atoms with Crippen molar-refractivity contribution in [3.63, 3.8) is 0 Å². The van der Waals surface area contributed by atoms with Crippen molar-refractivity contribution in [3.8, 4) is 0 Å². The van der Waals surface area contributed by atoms with Crippen LogP contribution in [0.5, 0.6) is 0 Å². The summed E-state index contributed by atoms with van der Waals surface area (Å²) in [4.78, 5) is 0. The van der Waals surface area contributed by atoms with Gasteiger partial charge in [0.25, 0.3) is 0 Å². The van der Waals surface area contributed by atoms with Gasteiger partial charge in [-0.2, -0.15) is 13.2 Å². The Labute approximate surface area is 122 Å². The topological polar surface area (TPSA) is 27.7 Å². The quantitative estimate of drug-likeness (QED) is 0.825. The highest BCUT2D eigenvalue weighted by Crippen LogP contribution is 2.31. The fourth-order valence-electron chi connectivity index (χ4n) is 2.25. The molecule has 0 N–H and O–H groups in total. The number of hydrogen-bond donors (Lipinski definition) is 0. The van der Waals surface area contributed by atoms with Crippen LogP contribution in [0.4, 0.5) is 13.2 Å². The number of hydrogen-bond acceptors (Lipinski definition) is 3. The SMILES string of the molecule is COCC(O[C@H]1CCCCO1)c1ccc(C(F)(F)F)cc1. The van der Waals surface area contributed by atoms with Gasteiger partial charge in [-0.25, -0.2) is 0 Å². The van der Waals surface area contributed by atoms with Gasteiger partial charge in [0.05, 0.1) is 12.2 Å². The Kier molecular flexibility index (Phi) is 5.61. The molecule has 1 aliphatic rings. The van der Waals surface area contributed by atoms with Crippen LogP contribution in [0.15, 0.2) is 24.3 Å². The Balaban J connectivity index is 2.06. The largest absolute Gasteiger partial charge is 0.416 e. The molecule has 3 nitrogen and oxygen atoms in total. The van der Waals surface area contributed by atoms with E-state index in [1.807, 2.05) is 0 Å². The normalized spacial score (nSPS) is 21.2. The minimum Gasteiger partial charge on any atom is -0.382 e. The molecule has 1 aromatic rings. The molecule has 0 amide bonds. The molecule has 0 spiro atoms. The monoisotopic (exact) mass is 304 g/mol. The van der Waals surface area contributed by atoms with Crippen LogP contribution < -0.4 is 0 Å². The van der Waals surface area contributed by atoms with Crippen molar-refractivity contribution in [2.75, 3.05) is 20.3 Å². The molecule has 1 aliphatic heterocycles. The van der Waals surface area contributed by atoms with Crippen LogP contribution in [-0.2, 0) is 20.4 Å². The zero-order valence-corrected chi connectivity index (χ0v) is 11.9. The summed E-state index contributed by atoms with van der Waals surface area (Å²) in [5.41, 5.74) is -0.0182. The Bertz CT molecular complexity index is 425. The molecule has 118 valence electrons. The predicted molar refractivity (Wildman–Crippen MR) is 70.7 cm³/mol. The summed E-state index contributed by atoms with van der Waals surface area (Å²) in [6, 6.07) is 4.97. The summed E-state index contributed by atoms with van der Waals surface area (Å²) >= 11 is 0. The van der Waals surface area contributed by atoms with Crippen LogP contribution in [0, 0.1) is 0 Å². The molecule has 1 heterocycles. The van der Waals surface area contributed by atoms with Crippen molar-refractivity contribution in [1.82, 2.24) is 0 Å². The first-order valence-electron chi connectivity index (χ1n) is 6.94. The second-order valence-corrected chi connectivity index (χ2v) is 5.00. The molecule has 1 unspecified atom stereocenters.